The van der Waals surface area contributed by atoms with Crippen molar-refractivity contribution in [2.75, 3.05) is 6.61 Å². The highest BCUT2D eigenvalue weighted by molar-refractivity contribution is 5.13. The SMILES string of the molecule is C/C=C/O[C@H](CO)[C@H]1O[C@@H]2OC(C)(C)O[C@@H]2[C@H]1OCc1ccccc1. The van der Waals surface area contributed by atoms with E-state index >= 15 is 0 Å². The van der Waals surface area contributed by atoms with Gasteiger partial charge in [0.2, 0.25) is 0 Å². The zero-order chi connectivity index (χ0) is 17.9. The second kappa shape index (κ2) is 7.85. The fourth-order valence-electron chi connectivity index (χ4n) is 3.16. The summed E-state index contributed by atoms with van der Waals surface area (Å²) in [6, 6.07) is 9.89. The van der Waals surface area contributed by atoms with Crippen molar-refractivity contribution in [1.29, 1.82) is 0 Å². The third-order valence-electron chi connectivity index (χ3n) is 4.25. The first-order chi connectivity index (χ1) is 12.0. The molecule has 6 heteroatoms. The predicted molar refractivity (Wildman–Crippen MR) is 90.5 cm³/mol. The summed E-state index contributed by atoms with van der Waals surface area (Å²) in [5.41, 5.74) is 1.05. The molecule has 0 aromatic heterocycles. The van der Waals surface area contributed by atoms with Crippen LogP contribution in [0.1, 0.15) is 26.3 Å². The largest absolute Gasteiger partial charge is 0.493 e. The summed E-state index contributed by atoms with van der Waals surface area (Å²) in [5, 5.41) is 9.71. The highest BCUT2D eigenvalue weighted by Crippen LogP contribution is 2.40. The Balaban J connectivity index is 1.74. The van der Waals surface area contributed by atoms with Gasteiger partial charge >= 0.3 is 0 Å². The maximum absolute atomic E-state index is 9.71. The van der Waals surface area contributed by atoms with Crippen molar-refractivity contribution in [3.8, 4) is 0 Å². The van der Waals surface area contributed by atoms with Gasteiger partial charge < -0.3 is 28.8 Å². The minimum atomic E-state index is -0.729. The van der Waals surface area contributed by atoms with Crippen LogP contribution in [0.2, 0.25) is 0 Å². The van der Waals surface area contributed by atoms with Crippen molar-refractivity contribution < 1.29 is 28.8 Å². The monoisotopic (exact) mass is 350 g/mol. The summed E-state index contributed by atoms with van der Waals surface area (Å²) >= 11 is 0. The maximum Gasteiger partial charge on any atom is 0.190 e. The molecule has 2 aliphatic heterocycles. The number of aliphatic hydroxyl groups is 1. The molecule has 1 aromatic carbocycles. The van der Waals surface area contributed by atoms with Gasteiger partial charge in [-0.2, -0.15) is 0 Å². The molecule has 2 fully saturated rings. The van der Waals surface area contributed by atoms with Gasteiger partial charge in [0.05, 0.1) is 19.5 Å². The molecule has 2 aliphatic rings. The van der Waals surface area contributed by atoms with E-state index in [9.17, 15) is 5.11 Å². The molecule has 0 unspecified atom stereocenters. The number of ether oxygens (including phenoxy) is 5. The van der Waals surface area contributed by atoms with Crippen molar-refractivity contribution in [2.45, 2.75) is 63.9 Å². The van der Waals surface area contributed by atoms with Crippen LogP contribution in [0, 0.1) is 0 Å². The van der Waals surface area contributed by atoms with E-state index in [1.807, 2.05) is 51.1 Å². The molecule has 2 saturated heterocycles. The second-order valence-electron chi connectivity index (χ2n) is 6.66. The molecule has 1 N–H and O–H groups in total. The lowest BCUT2D eigenvalue weighted by molar-refractivity contribution is -0.232. The number of aliphatic hydroxyl groups excluding tert-OH is 1. The molecular weight excluding hydrogens is 324 g/mol. The summed E-state index contributed by atoms with van der Waals surface area (Å²) in [4.78, 5) is 0. The fourth-order valence-corrected chi connectivity index (χ4v) is 3.16. The minimum Gasteiger partial charge on any atom is -0.493 e. The first-order valence-corrected chi connectivity index (χ1v) is 8.58. The Bertz CT molecular complexity index is 573. The van der Waals surface area contributed by atoms with E-state index in [0.717, 1.165) is 5.56 Å². The normalized spacial score (nSPS) is 32.0. The van der Waals surface area contributed by atoms with E-state index < -0.39 is 30.4 Å². The van der Waals surface area contributed by atoms with Gasteiger partial charge in [-0.25, -0.2) is 0 Å². The van der Waals surface area contributed by atoms with Crippen molar-refractivity contribution in [3.63, 3.8) is 0 Å². The molecule has 25 heavy (non-hydrogen) atoms. The summed E-state index contributed by atoms with van der Waals surface area (Å²) in [6.07, 6.45) is 0.936. The predicted octanol–water partition coefficient (Wildman–Crippen LogP) is 2.36. The van der Waals surface area contributed by atoms with Gasteiger partial charge in [-0.3, -0.25) is 0 Å². The molecule has 1 aromatic rings. The number of hydrogen-bond donors (Lipinski definition) is 1. The van der Waals surface area contributed by atoms with Crippen molar-refractivity contribution in [1.82, 2.24) is 0 Å². The number of rotatable bonds is 7. The average Bonchev–Trinajstić information content (AvgIpc) is 3.06. The Kier molecular flexibility index (Phi) is 5.76. The molecule has 0 aliphatic carbocycles. The lowest BCUT2D eigenvalue weighted by Crippen LogP contribution is -2.44. The first kappa shape index (κ1) is 18.4. The quantitative estimate of drug-likeness (QED) is 0.762. The van der Waals surface area contributed by atoms with E-state index in [4.69, 9.17) is 23.7 Å². The van der Waals surface area contributed by atoms with Crippen LogP contribution >= 0.6 is 0 Å². The molecule has 0 bridgehead atoms. The molecular formula is C19H26O6. The molecule has 6 nitrogen and oxygen atoms in total. The van der Waals surface area contributed by atoms with E-state index in [0.29, 0.717) is 6.61 Å². The van der Waals surface area contributed by atoms with E-state index in [-0.39, 0.29) is 12.7 Å². The fraction of sp³-hybridized carbons (Fsp3) is 0.579. The van der Waals surface area contributed by atoms with Gasteiger partial charge in [0.1, 0.15) is 24.4 Å². The molecule has 3 rings (SSSR count). The van der Waals surface area contributed by atoms with Crippen molar-refractivity contribution >= 4 is 0 Å². The van der Waals surface area contributed by atoms with Crippen LogP contribution in [0.25, 0.3) is 0 Å². The van der Waals surface area contributed by atoms with Gasteiger partial charge in [0.15, 0.2) is 12.1 Å². The summed E-state index contributed by atoms with van der Waals surface area (Å²) in [6.45, 7) is 5.76. The van der Waals surface area contributed by atoms with E-state index in [1.54, 1.807) is 6.08 Å². The van der Waals surface area contributed by atoms with Gasteiger partial charge in [0, 0.05) is 0 Å². The van der Waals surface area contributed by atoms with E-state index in [1.165, 1.54) is 6.26 Å². The van der Waals surface area contributed by atoms with Crippen LogP contribution in [0.15, 0.2) is 42.7 Å². The van der Waals surface area contributed by atoms with Crippen LogP contribution in [0.3, 0.4) is 0 Å². The Morgan fingerprint density at radius 3 is 2.68 bits per heavy atom. The van der Waals surface area contributed by atoms with Crippen LogP contribution in [-0.2, 0) is 30.3 Å². The molecule has 0 amide bonds. The molecule has 0 spiro atoms. The minimum absolute atomic E-state index is 0.191. The Hall–Kier alpha value is -1.44. The average molecular weight is 350 g/mol. The summed E-state index contributed by atoms with van der Waals surface area (Å²) in [5.74, 6) is -0.729. The standard InChI is InChI=1S/C19H26O6/c1-4-10-21-14(11-20)15-16(22-12-13-8-6-5-7-9-13)17-18(23-15)25-19(2,3)24-17/h4-10,14-18,20H,11-12H2,1-3H3/b10-4+/t14-,15-,16+,17-,18-/m1/s1. The lowest BCUT2D eigenvalue weighted by Gasteiger charge is -2.29. The van der Waals surface area contributed by atoms with Crippen molar-refractivity contribution in [2.24, 2.45) is 0 Å². The second-order valence-corrected chi connectivity index (χ2v) is 6.66. The van der Waals surface area contributed by atoms with Crippen LogP contribution < -0.4 is 0 Å². The van der Waals surface area contributed by atoms with Crippen LogP contribution in [-0.4, -0.2) is 48.2 Å². The molecule has 0 radical (unpaired) electrons. The number of benzene rings is 1. The molecule has 138 valence electrons. The molecule has 0 saturated carbocycles. The Labute approximate surface area is 148 Å². The maximum atomic E-state index is 9.71. The van der Waals surface area contributed by atoms with E-state index in [2.05, 4.69) is 0 Å². The van der Waals surface area contributed by atoms with Crippen LogP contribution in [0.5, 0.6) is 0 Å². The van der Waals surface area contributed by atoms with Crippen molar-refractivity contribution in [3.05, 3.63) is 48.2 Å². The Morgan fingerprint density at radius 2 is 2.00 bits per heavy atom. The number of hydrogen-bond acceptors (Lipinski definition) is 6. The zero-order valence-electron chi connectivity index (χ0n) is 14.8. The smallest absolute Gasteiger partial charge is 0.190 e. The van der Waals surface area contributed by atoms with Gasteiger partial charge in [-0.1, -0.05) is 36.4 Å². The van der Waals surface area contributed by atoms with Crippen LogP contribution in [0.4, 0.5) is 0 Å². The van der Waals surface area contributed by atoms with Gasteiger partial charge in [-0.05, 0) is 26.3 Å². The highest BCUT2D eigenvalue weighted by atomic mass is 16.8. The first-order valence-electron chi connectivity index (χ1n) is 8.58. The molecule has 2 heterocycles. The third kappa shape index (κ3) is 4.22. The lowest BCUT2D eigenvalue weighted by atomic mass is 10.1. The topological polar surface area (TPSA) is 66.4 Å². The van der Waals surface area contributed by atoms with Gasteiger partial charge in [-0.15, -0.1) is 0 Å². The van der Waals surface area contributed by atoms with Gasteiger partial charge in [0.25, 0.3) is 0 Å². The zero-order valence-corrected chi connectivity index (χ0v) is 14.8. The highest BCUT2D eigenvalue weighted by Gasteiger charge is 2.57. The summed E-state index contributed by atoms with van der Waals surface area (Å²) in [7, 11) is 0. The molecule has 5 atom stereocenters. The Morgan fingerprint density at radius 1 is 1.24 bits per heavy atom. The summed E-state index contributed by atoms with van der Waals surface area (Å²) < 4.78 is 29.5. The number of fused-ring (bicyclic) bond motifs is 1. The number of allylic oxidation sites excluding steroid dienone is 1. The third-order valence-corrected chi connectivity index (χ3v) is 4.25.